The van der Waals surface area contributed by atoms with Gasteiger partial charge < -0.3 is 4.90 Å². The zero-order valence-corrected chi connectivity index (χ0v) is 16.1. The minimum absolute atomic E-state index is 0.875. The van der Waals surface area contributed by atoms with E-state index in [0.717, 1.165) is 31.4 Å². The maximum absolute atomic E-state index is 5.13. The monoisotopic (exact) mass is 356 g/mol. The van der Waals surface area contributed by atoms with E-state index < -0.39 is 0 Å². The van der Waals surface area contributed by atoms with Gasteiger partial charge in [-0.05, 0) is 69.5 Å². The number of nitrogens with zero attached hydrogens (tertiary/aromatic N) is 4. The highest BCUT2D eigenvalue weighted by atomic mass is 32.1. The third-order valence-corrected chi connectivity index (χ3v) is 7.42. The van der Waals surface area contributed by atoms with E-state index >= 15 is 0 Å². The summed E-state index contributed by atoms with van der Waals surface area (Å²) >= 11 is 1.94. The quantitative estimate of drug-likeness (QED) is 0.832. The molecule has 134 valence electrons. The van der Waals surface area contributed by atoms with E-state index in [4.69, 9.17) is 9.97 Å². The molecule has 2 saturated heterocycles. The van der Waals surface area contributed by atoms with Crippen molar-refractivity contribution in [2.75, 3.05) is 31.1 Å². The number of anilines is 1. The Morgan fingerprint density at radius 3 is 2.60 bits per heavy atom. The highest BCUT2D eigenvalue weighted by Crippen LogP contribution is 2.41. The minimum atomic E-state index is 0.875. The number of hydrogen-bond acceptors (Lipinski definition) is 5. The Labute approximate surface area is 154 Å². The molecule has 0 spiro atoms. The summed E-state index contributed by atoms with van der Waals surface area (Å²) in [6, 6.07) is 0. The Kier molecular flexibility index (Phi) is 4.17. The van der Waals surface area contributed by atoms with Crippen LogP contribution in [-0.2, 0) is 19.4 Å². The second kappa shape index (κ2) is 6.51. The molecule has 2 aromatic heterocycles. The van der Waals surface area contributed by atoms with Crippen LogP contribution >= 0.6 is 11.3 Å². The van der Waals surface area contributed by atoms with Gasteiger partial charge in [-0.1, -0.05) is 6.92 Å². The molecule has 4 heterocycles. The summed E-state index contributed by atoms with van der Waals surface area (Å²) in [5.41, 5.74) is 1.57. The summed E-state index contributed by atoms with van der Waals surface area (Å²) in [6.45, 7) is 8.02. The lowest BCUT2D eigenvalue weighted by molar-refractivity contribution is 0.181. The van der Waals surface area contributed by atoms with Gasteiger partial charge in [0, 0.05) is 18.0 Å². The number of fused-ring (bicyclic) bond motifs is 3. The molecular weight excluding hydrogens is 328 g/mol. The summed E-state index contributed by atoms with van der Waals surface area (Å²) in [5, 5.41) is 1.40. The maximum Gasteiger partial charge on any atom is 0.146 e. The number of aromatic nitrogens is 2. The predicted octanol–water partition coefficient (Wildman–Crippen LogP) is 4.01. The van der Waals surface area contributed by atoms with Crippen molar-refractivity contribution in [3.8, 4) is 0 Å². The lowest BCUT2D eigenvalue weighted by Gasteiger charge is -2.29. The van der Waals surface area contributed by atoms with Crippen LogP contribution < -0.4 is 4.90 Å². The fourth-order valence-corrected chi connectivity index (χ4v) is 5.94. The molecule has 0 aromatic carbocycles. The van der Waals surface area contributed by atoms with Gasteiger partial charge in [-0.15, -0.1) is 11.3 Å². The molecule has 3 aliphatic rings. The molecule has 25 heavy (non-hydrogen) atoms. The average molecular weight is 357 g/mol. The zero-order valence-electron chi connectivity index (χ0n) is 15.3. The van der Waals surface area contributed by atoms with Crippen LogP contribution in [0.15, 0.2) is 0 Å². The van der Waals surface area contributed by atoms with Gasteiger partial charge in [0.1, 0.15) is 16.5 Å². The topological polar surface area (TPSA) is 32.3 Å². The Morgan fingerprint density at radius 1 is 1.00 bits per heavy atom. The third-order valence-electron chi connectivity index (χ3n) is 6.24. The molecule has 2 aromatic rings. The van der Waals surface area contributed by atoms with Gasteiger partial charge in [-0.2, -0.15) is 0 Å². The van der Waals surface area contributed by atoms with Gasteiger partial charge >= 0.3 is 0 Å². The number of aryl methyl sites for hydroxylation is 2. The van der Waals surface area contributed by atoms with Crippen molar-refractivity contribution < 1.29 is 0 Å². The molecule has 0 amide bonds. The lowest BCUT2D eigenvalue weighted by atomic mass is 9.99. The van der Waals surface area contributed by atoms with Gasteiger partial charge in [0.15, 0.2) is 0 Å². The maximum atomic E-state index is 5.13. The van der Waals surface area contributed by atoms with Crippen LogP contribution in [0.5, 0.6) is 0 Å². The van der Waals surface area contributed by atoms with Crippen molar-refractivity contribution in [1.29, 1.82) is 0 Å². The summed E-state index contributed by atoms with van der Waals surface area (Å²) < 4.78 is 0. The smallest absolute Gasteiger partial charge is 0.146 e. The molecule has 2 aliphatic heterocycles. The number of hydrogen-bond donors (Lipinski definition) is 0. The SMILES string of the molecule is CC1CCN(Cc2nc(N3CCCC3)c3c4c(sc3n2)CCC4)CC1. The largest absolute Gasteiger partial charge is 0.356 e. The Bertz CT molecular complexity index is 770. The molecule has 0 bridgehead atoms. The number of likely N-dealkylation sites (tertiary alicyclic amines) is 1. The van der Waals surface area contributed by atoms with Crippen molar-refractivity contribution in [2.24, 2.45) is 5.92 Å². The fraction of sp³-hybridized carbons (Fsp3) is 0.700. The van der Waals surface area contributed by atoms with E-state index in [-0.39, 0.29) is 0 Å². The van der Waals surface area contributed by atoms with Gasteiger partial charge in [0.05, 0.1) is 11.9 Å². The first kappa shape index (κ1) is 16.0. The van der Waals surface area contributed by atoms with Crippen molar-refractivity contribution >= 4 is 27.4 Å². The molecule has 5 heteroatoms. The Hall–Kier alpha value is -1.20. The van der Waals surface area contributed by atoms with Crippen LogP contribution in [0.1, 0.15) is 55.3 Å². The first-order chi connectivity index (χ1) is 12.3. The molecule has 5 rings (SSSR count). The highest BCUT2D eigenvalue weighted by molar-refractivity contribution is 7.19. The van der Waals surface area contributed by atoms with Gasteiger partial charge in [-0.3, -0.25) is 4.90 Å². The van der Waals surface area contributed by atoms with E-state index in [1.165, 1.54) is 74.1 Å². The third kappa shape index (κ3) is 2.95. The van der Waals surface area contributed by atoms with Crippen molar-refractivity contribution in [3.05, 3.63) is 16.3 Å². The number of rotatable bonds is 3. The Balaban J connectivity index is 1.51. The summed E-state index contributed by atoms with van der Waals surface area (Å²) in [4.78, 5) is 18.1. The van der Waals surface area contributed by atoms with Gasteiger partial charge in [0.25, 0.3) is 0 Å². The second-order valence-corrected chi connectivity index (χ2v) is 9.24. The number of thiophene rings is 1. The van der Waals surface area contributed by atoms with E-state index in [2.05, 4.69) is 16.7 Å². The van der Waals surface area contributed by atoms with Crippen LogP contribution in [0.3, 0.4) is 0 Å². The molecule has 1 aliphatic carbocycles. The van der Waals surface area contributed by atoms with E-state index in [9.17, 15) is 0 Å². The first-order valence-corrected chi connectivity index (χ1v) is 10.9. The van der Waals surface area contributed by atoms with Crippen molar-refractivity contribution in [2.45, 2.75) is 58.4 Å². The van der Waals surface area contributed by atoms with Gasteiger partial charge in [0.2, 0.25) is 0 Å². The predicted molar refractivity (Wildman–Crippen MR) is 105 cm³/mol. The molecular formula is C20H28N4S. The summed E-state index contributed by atoms with van der Waals surface area (Å²) in [6.07, 6.45) is 9.01. The van der Waals surface area contributed by atoms with Crippen molar-refractivity contribution in [3.63, 3.8) is 0 Å². The minimum Gasteiger partial charge on any atom is -0.356 e. The Morgan fingerprint density at radius 2 is 1.80 bits per heavy atom. The standard InChI is InChI=1S/C20H28N4S/c1-14-7-11-23(12-8-14)13-17-21-19(24-9-2-3-10-24)18-15-5-4-6-16(15)25-20(18)22-17/h14H,2-13H2,1H3. The summed E-state index contributed by atoms with van der Waals surface area (Å²) in [5.74, 6) is 3.17. The van der Waals surface area contributed by atoms with Crippen LogP contribution in [0.4, 0.5) is 5.82 Å². The van der Waals surface area contributed by atoms with Crippen molar-refractivity contribution in [1.82, 2.24) is 14.9 Å². The molecule has 0 saturated carbocycles. The van der Waals surface area contributed by atoms with Gasteiger partial charge in [-0.25, -0.2) is 9.97 Å². The van der Waals surface area contributed by atoms with Crippen LogP contribution in [0.25, 0.3) is 10.2 Å². The first-order valence-electron chi connectivity index (χ1n) is 10.1. The molecule has 0 N–H and O–H groups in total. The van der Waals surface area contributed by atoms with E-state index in [1.54, 1.807) is 10.4 Å². The molecule has 0 atom stereocenters. The molecule has 0 radical (unpaired) electrons. The second-order valence-electron chi connectivity index (χ2n) is 8.15. The zero-order chi connectivity index (χ0) is 16.8. The molecule has 2 fully saturated rings. The lowest BCUT2D eigenvalue weighted by Crippen LogP contribution is -2.33. The van der Waals surface area contributed by atoms with Crippen LogP contribution in [0.2, 0.25) is 0 Å². The van der Waals surface area contributed by atoms with E-state index in [0.29, 0.717) is 0 Å². The normalized spacial score (nSPS) is 22.2. The van der Waals surface area contributed by atoms with Crippen LogP contribution in [0, 0.1) is 5.92 Å². The van der Waals surface area contributed by atoms with Crippen LogP contribution in [-0.4, -0.2) is 41.0 Å². The molecule has 0 unspecified atom stereocenters. The average Bonchev–Trinajstić information content (AvgIpc) is 3.32. The van der Waals surface area contributed by atoms with E-state index in [1.807, 2.05) is 11.3 Å². The fourth-order valence-electron chi connectivity index (χ4n) is 4.67. The molecule has 4 nitrogen and oxygen atoms in total. The summed E-state index contributed by atoms with van der Waals surface area (Å²) in [7, 11) is 0. The highest BCUT2D eigenvalue weighted by Gasteiger charge is 2.26. The number of piperidine rings is 1.